The molecule has 0 aromatic rings. The van der Waals surface area contributed by atoms with Crippen LogP contribution in [0.3, 0.4) is 0 Å². The number of unbranched alkanes of at least 4 members (excludes halogenated alkanes) is 12. The number of likely N-dealkylation sites (tertiary alicyclic amines) is 1. The summed E-state index contributed by atoms with van der Waals surface area (Å²) in [5, 5.41) is 0. The molecule has 1 aliphatic carbocycles. The van der Waals surface area contributed by atoms with Crippen molar-refractivity contribution in [3.8, 4) is 0 Å². The summed E-state index contributed by atoms with van der Waals surface area (Å²) < 4.78 is 18.8. The van der Waals surface area contributed by atoms with E-state index < -0.39 is 0 Å². The van der Waals surface area contributed by atoms with Gasteiger partial charge in [-0.25, -0.2) is 0 Å². The third-order valence-corrected chi connectivity index (χ3v) is 20.5. The fourth-order valence-corrected chi connectivity index (χ4v) is 15.0. The number of ether oxygens (including phenoxy) is 3. The third-order valence-electron chi connectivity index (χ3n) is 20.5. The van der Waals surface area contributed by atoms with Crippen LogP contribution in [0.4, 0.5) is 0 Å². The van der Waals surface area contributed by atoms with Gasteiger partial charge in [-0.1, -0.05) is 228 Å². The Balaban J connectivity index is 1.86. The van der Waals surface area contributed by atoms with Crippen molar-refractivity contribution in [3.05, 3.63) is 0 Å². The summed E-state index contributed by atoms with van der Waals surface area (Å²) in [7, 11) is 0. The molecule has 458 valence electrons. The standard InChI is InChI=1S/C71H133NO6/c1-21-24-26-28-30-31-33-35-47-77-63(75)57(70(17,18)44-43-65(7,8)49-55(68(13,14)23-3)54-39-40-58-59(48-54)78-58)51-67(11,12)53-66(9,10)50-56(62(74)76-46-34-32-29-27-25-22-2)69(15,16)41-37-42-71(19,20)60(52-64(4,5)6)72-45-36-38-61(72)73/h54-60H,21-53H2,1-20H3. The van der Waals surface area contributed by atoms with E-state index in [0.717, 1.165) is 96.4 Å². The number of hydrogen-bond donors (Lipinski definition) is 0. The van der Waals surface area contributed by atoms with Gasteiger partial charge in [0, 0.05) is 19.0 Å². The molecule has 2 aliphatic heterocycles. The number of fused-ring (bicyclic) bond motifs is 1. The van der Waals surface area contributed by atoms with Gasteiger partial charge in [-0.2, -0.15) is 0 Å². The highest BCUT2D eigenvalue weighted by atomic mass is 16.6. The van der Waals surface area contributed by atoms with Gasteiger partial charge < -0.3 is 19.1 Å². The first-order valence-corrected chi connectivity index (χ1v) is 33.4. The average molecular weight is 1100 g/mol. The molecule has 3 aliphatic rings. The molecule has 7 heteroatoms. The van der Waals surface area contributed by atoms with Gasteiger partial charge in [-0.15, -0.1) is 0 Å². The zero-order valence-electron chi connectivity index (χ0n) is 55.8. The van der Waals surface area contributed by atoms with Gasteiger partial charge in [0.2, 0.25) is 5.91 Å². The van der Waals surface area contributed by atoms with E-state index in [-0.39, 0.29) is 73.1 Å². The number of epoxide rings is 1. The van der Waals surface area contributed by atoms with Crippen molar-refractivity contribution in [1.82, 2.24) is 4.90 Å². The second-order valence-corrected chi connectivity index (χ2v) is 33.0. The van der Waals surface area contributed by atoms with E-state index in [1.165, 1.54) is 96.3 Å². The monoisotopic (exact) mass is 1100 g/mol. The first kappa shape index (κ1) is 70.6. The lowest BCUT2D eigenvalue weighted by molar-refractivity contribution is -0.155. The molecule has 0 aromatic heterocycles. The third kappa shape index (κ3) is 24.7. The molecule has 3 rings (SSSR count). The van der Waals surface area contributed by atoms with Gasteiger partial charge in [-0.05, 0) is 151 Å². The Morgan fingerprint density at radius 1 is 0.526 bits per heavy atom. The quantitative estimate of drug-likeness (QED) is 0.0344. The summed E-state index contributed by atoms with van der Waals surface area (Å²) in [6.45, 7) is 49.3. The van der Waals surface area contributed by atoms with E-state index in [9.17, 15) is 14.4 Å². The second-order valence-electron chi connectivity index (χ2n) is 33.0. The van der Waals surface area contributed by atoms with Crippen LogP contribution in [-0.4, -0.2) is 60.8 Å². The minimum Gasteiger partial charge on any atom is -0.465 e. The highest BCUT2D eigenvalue weighted by Crippen LogP contribution is 2.54. The summed E-state index contributed by atoms with van der Waals surface area (Å²) >= 11 is 0. The van der Waals surface area contributed by atoms with Crippen molar-refractivity contribution in [2.45, 2.75) is 349 Å². The lowest BCUT2D eigenvalue weighted by Gasteiger charge is -2.46. The molecule has 1 amide bonds. The van der Waals surface area contributed by atoms with Crippen molar-refractivity contribution in [3.63, 3.8) is 0 Å². The topological polar surface area (TPSA) is 85.4 Å². The molecule has 78 heavy (non-hydrogen) atoms. The molecule has 0 radical (unpaired) electrons. The predicted octanol–water partition coefficient (Wildman–Crippen LogP) is 20.5. The van der Waals surface area contributed by atoms with Crippen LogP contribution in [0.5, 0.6) is 0 Å². The van der Waals surface area contributed by atoms with Gasteiger partial charge in [0.15, 0.2) is 0 Å². The molecule has 7 unspecified atom stereocenters. The van der Waals surface area contributed by atoms with Crippen molar-refractivity contribution in [1.29, 1.82) is 0 Å². The van der Waals surface area contributed by atoms with Crippen LogP contribution in [-0.2, 0) is 28.6 Å². The Hall–Kier alpha value is -1.63. The van der Waals surface area contributed by atoms with Crippen LogP contribution < -0.4 is 0 Å². The minimum atomic E-state index is -0.300. The maximum Gasteiger partial charge on any atom is 0.309 e. The fourth-order valence-electron chi connectivity index (χ4n) is 15.0. The molecule has 0 spiro atoms. The Morgan fingerprint density at radius 2 is 1.00 bits per heavy atom. The van der Waals surface area contributed by atoms with Gasteiger partial charge >= 0.3 is 11.9 Å². The smallest absolute Gasteiger partial charge is 0.309 e. The van der Waals surface area contributed by atoms with Crippen LogP contribution in [0, 0.1) is 67.0 Å². The Labute approximate surface area is 485 Å². The van der Waals surface area contributed by atoms with E-state index in [2.05, 4.69) is 143 Å². The Bertz CT molecular complexity index is 1750. The molecule has 7 nitrogen and oxygen atoms in total. The predicted molar refractivity (Wildman–Crippen MR) is 331 cm³/mol. The number of nitrogens with zero attached hydrogens (tertiary/aromatic N) is 1. The van der Waals surface area contributed by atoms with E-state index in [0.29, 0.717) is 49.6 Å². The van der Waals surface area contributed by atoms with Gasteiger partial charge in [-0.3, -0.25) is 14.4 Å². The van der Waals surface area contributed by atoms with E-state index in [1.54, 1.807) is 0 Å². The van der Waals surface area contributed by atoms with E-state index >= 15 is 0 Å². The van der Waals surface area contributed by atoms with Crippen molar-refractivity contribution in [2.24, 2.45) is 67.0 Å². The summed E-state index contributed by atoms with van der Waals surface area (Å²) in [6, 6.07) is 0.190. The summed E-state index contributed by atoms with van der Waals surface area (Å²) in [5.41, 5.74) is -0.539. The second kappa shape index (κ2) is 31.3. The fraction of sp³-hybridized carbons (Fsp3) is 0.958. The summed E-state index contributed by atoms with van der Waals surface area (Å²) in [4.78, 5) is 44.9. The van der Waals surface area contributed by atoms with Crippen molar-refractivity contribution >= 4 is 17.8 Å². The molecule has 0 bridgehead atoms. The van der Waals surface area contributed by atoms with Crippen LogP contribution >= 0.6 is 0 Å². The van der Waals surface area contributed by atoms with Crippen LogP contribution in [0.2, 0.25) is 0 Å². The molecule has 3 fully saturated rings. The maximum atomic E-state index is 14.8. The Morgan fingerprint density at radius 3 is 1.45 bits per heavy atom. The van der Waals surface area contributed by atoms with E-state index in [1.807, 2.05) is 0 Å². The van der Waals surface area contributed by atoms with Gasteiger partial charge in [0.05, 0.1) is 37.3 Å². The molecular formula is C71H133NO6. The van der Waals surface area contributed by atoms with Crippen molar-refractivity contribution in [2.75, 3.05) is 19.8 Å². The maximum absolute atomic E-state index is 14.8. The molecule has 7 atom stereocenters. The zero-order valence-corrected chi connectivity index (χ0v) is 55.8. The number of esters is 2. The van der Waals surface area contributed by atoms with Crippen LogP contribution in [0.1, 0.15) is 331 Å². The normalized spacial score (nSPS) is 20.6. The average Bonchev–Trinajstić information content (AvgIpc) is 3.99. The van der Waals surface area contributed by atoms with E-state index in [4.69, 9.17) is 14.2 Å². The first-order chi connectivity index (χ1) is 36.1. The number of carbonyl (C=O) groups is 3. The Kier molecular flexibility index (Phi) is 28.4. The number of rotatable bonds is 41. The largest absolute Gasteiger partial charge is 0.465 e. The minimum absolute atomic E-state index is 0.0168. The highest BCUT2D eigenvalue weighted by Gasteiger charge is 2.50. The number of carbonyl (C=O) groups excluding carboxylic acids is 3. The molecule has 1 saturated carbocycles. The molecule has 0 N–H and O–H groups in total. The number of hydrogen-bond acceptors (Lipinski definition) is 6. The first-order valence-electron chi connectivity index (χ1n) is 33.4. The van der Waals surface area contributed by atoms with Gasteiger partial charge in [0.25, 0.3) is 0 Å². The summed E-state index contributed by atoms with van der Waals surface area (Å²) in [6.07, 6.45) is 33.6. The zero-order chi connectivity index (χ0) is 58.8. The number of amides is 1. The van der Waals surface area contributed by atoms with Crippen LogP contribution in [0.15, 0.2) is 0 Å². The SMILES string of the molecule is CCCCCCCCCCOC(=O)C(CC(C)(C)CC(C)(C)CC(C(=O)OCCCCCCCC)C(C)(C)CCCC(C)(C)C(CC(C)(C)C)N1CCCC1=O)C(C)(C)CCC(C)(C)CC(C1CCC2OC2C1)C(C)(C)CC. The molecule has 2 saturated heterocycles. The molecule has 2 heterocycles. The van der Waals surface area contributed by atoms with Gasteiger partial charge in [0.1, 0.15) is 0 Å². The van der Waals surface area contributed by atoms with Crippen molar-refractivity contribution < 1.29 is 28.6 Å². The van der Waals surface area contributed by atoms with Crippen LogP contribution in [0.25, 0.3) is 0 Å². The lowest BCUT2D eigenvalue weighted by atomic mass is 9.59. The highest BCUT2D eigenvalue weighted by molar-refractivity contribution is 5.78. The molecule has 0 aromatic carbocycles. The molecular weight excluding hydrogens is 963 g/mol. The lowest BCUT2D eigenvalue weighted by Crippen LogP contribution is -2.48. The summed E-state index contributed by atoms with van der Waals surface area (Å²) in [5.74, 6) is 1.09.